The zero-order chi connectivity index (χ0) is 19.9. The van der Waals surface area contributed by atoms with Gasteiger partial charge in [-0.1, -0.05) is 11.6 Å². The van der Waals surface area contributed by atoms with Gasteiger partial charge in [0.25, 0.3) is 0 Å². The van der Waals surface area contributed by atoms with Crippen LogP contribution >= 0.6 is 11.6 Å². The van der Waals surface area contributed by atoms with Gasteiger partial charge in [0.2, 0.25) is 11.7 Å². The van der Waals surface area contributed by atoms with Gasteiger partial charge in [-0.05, 0) is 19.9 Å². The molecule has 1 amide bonds. The van der Waals surface area contributed by atoms with E-state index in [9.17, 15) is 13.6 Å². The van der Waals surface area contributed by atoms with Gasteiger partial charge < -0.3 is 9.88 Å². The Morgan fingerprint density at radius 2 is 2.00 bits per heavy atom. The van der Waals surface area contributed by atoms with Crippen LogP contribution in [-0.2, 0) is 10.7 Å². The number of hydrogen-bond donors (Lipinski definition) is 1. The quantitative estimate of drug-likeness (QED) is 0.646. The lowest BCUT2D eigenvalue weighted by Gasteiger charge is -2.10. The van der Waals surface area contributed by atoms with Crippen LogP contribution in [0.2, 0.25) is 5.15 Å². The molecule has 0 aliphatic rings. The number of nitrogens with zero attached hydrogens (tertiary/aromatic N) is 4. The predicted molar refractivity (Wildman–Crippen MR) is 100 cm³/mol. The number of hydrogen-bond acceptors (Lipinski definition) is 4. The van der Waals surface area contributed by atoms with E-state index in [1.807, 2.05) is 24.6 Å². The highest BCUT2D eigenvalue weighted by atomic mass is 35.5. The molecule has 0 aromatic carbocycles. The maximum Gasteiger partial charge on any atom is 0.303 e. The molecule has 0 saturated carbocycles. The van der Waals surface area contributed by atoms with Crippen LogP contribution in [-0.4, -0.2) is 25.4 Å². The summed E-state index contributed by atoms with van der Waals surface area (Å²) in [6.07, 6.45) is 3.44. The maximum atomic E-state index is 13.7. The second-order valence-corrected chi connectivity index (χ2v) is 6.99. The van der Waals surface area contributed by atoms with Gasteiger partial charge >= 0.3 is 5.92 Å². The molecule has 142 valence electrons. The first-order valence-electron chi connectivity index (χ1n) is 8.27. The Morgan fingerprint density at radius 1 is 1.30 bits per heavy atom. The Balaban J connectivity index is 2.27. The summed E-state index contributed by atoms with van der Waals surface area (Å²) < 4.78 is 29.4. The number of nitrogens with one attached hydrogen (secondary N) is 1. The molecule has 3 aromatic heterocycles. The Morgan fingerprint density at radius 3 is 2.59 bits per heavy atom. The molecule has 1 N–H and O–H groups in total. The fourth-order valence-electron chi connectivity index (χ4n) is 2.78. The number of halogens is 3. The summed E-state index contributed by atoms with van der Waals surface area (Å²) in [6.45, 7) is 6.08. The second-order valence-electron chi connectivity index (χ2n) is 6.60. The summed E-state index contributed by atoms with van der Waals surface area (Å²) >= 11 is 5.97. The van der Waals surface area contributed by atoms with Crippen molar-refractivity contribution in [2.45, 2.75) is 39.7 Å². The minimum Gasteiger partial charge on any atom is -0.343 e. The standard InChI is InChI=1S/C18H18ClF2N5O/c1-9(2)26-8-12(11-5-16(23-10(3)27)22-7-14(11)26)13-6-15(19)25-17(24-13)18(4,20)21/h5-9H,1-4H3,(H,22,23,27). The molecule has 0 aliphatic heterocycles. The molecule has 0 radical (unpaired) electrons. The summed E-state index contributed by atoms with van der Waals surface area (Å²) in [7, 11) is 0. The van der Waals surface area contributed by atoms with Crippen LogP contribution in [0.3, 0.4) is 0 Å². The SMILES string of the molecule is CC(=O)Nc1cc2c(-c3cc(Cl)nc(C(C)(F)F)n3)cn(C(C)C)c2cn1. The average molecular weight is 394 g/mol. The average Bonchev–Trinajstić information content (AvgIpc) is 2.92. The highest BCUT2D eigenvalue weighted by Gasteiger charge is 2.29. The van der Waals surface area contributed by atoms with Crippen LogP contribution in [0, 0.1) is 0 Å². The van der Waals surface area contributed by atoms with Gasteiger partial charge in [0.1, 0.15) is 11.0 Å². The number of amides is 1. The number of fused-ring (bicyclic) bond motifs is 1. The van der Waals surface area contributed by atoms with E-state index < -0.39 is 11.7 Å². The lowest BCUT2D eigenvalue weighted by molar-refractivity contribution is -0.114. The van der Waals surface area contributed by atoms with E-state index in [1.54, 1.807) is 12.3 Å². The van der Waals surface area contributed by atoms with Crippen LogP contribution in [0.5, 0.6) is 0 Å². The van der Waals surface area contributed by atoms with Crippen LogP contribution in [0.4, 0.5) is 14.6 Å². The number of rotatable bonds is 4. The Labute approximate surface area is 159 Å². The minimum absolute atomic E-state index is 0.0712. The molecule has 9 heteroatoms. The highest BCUT2D eigenvalue weighted by molar-refractivity contribution is 6.29. The van der Waals surface area contributed by atoms with Crippen molar-refractivity contribution in [1.29, 1.82) is 0 Å². The molecule has 0 atom stereocenters. The number of anilines is 1. The van der Waals surface area contributed by atoms with Gasteiger partial charge in [0, 0.05) is 43.1 Å². The predicted octanol–water partition coefficient (Wildman–Crippen LogP) is 4.80. The molecule has 6 nitrogen and oxygen atoms in total. The number of alkyl halides is 2. The van der Waals surface area contributed by atoms with Crippen LogP contribution in [0.25, 0.3) is 22.2 Å². The molecule has 3 rings (SSSR count). The molecule has 0 aliphatic carbocycles. The largest absolute Gasteiger partial charge is 0.343 e. The van der Waals surface area contributed by atoms with Gasteiger partial charge in [-0.15, -0.1) is 0 Å². The Bertz CT molecular complexity index is 1030. The molecule has 0 unspecified atom stereocenters. The van der Waals surface area contributed by atoms with Crippen LogP contribution in [0.15, 0.2) is 24.5 Å². The van der Waals surface area contributed by atoms with Crippen molar-refractivity contribution < 1.29 is 13.6 Å². The molecule has 3 heterocycles. The molecule has 0 spiro atoms. The van der Waals surface area contributed by atoms with Gasteiger partial charge in [0.05, 0.1) is 17.4 Å². The Kier molecular flexibility index (Phi) is 4.86. The van der Waals surface area contributed by atoms with Crippen molar-refractivity contribution in [3.63, 3.8) is 0 Å². The molecule has 27 heavy (non-hydrogen) atoms. The zero-order valence-electron chi connectivity index (χ0n) is 15.2. The summed E-state index contributed by atoms with van der Waals surface area (Å²) in [5.74, 6) is -3.77. The fourth-order valence-corrected chi connectivity index (χ4v) is 2.96. The number of aromatic nitrogens is 4. The van der Waals surface area contributed by atoms with Gasteiger partial charge in [-0.25, -0.2) is 15.0 Å². The number of pyridine rings is 1. The third-order valence-electron chi connectivity index (χ3n) is 3.94. The lowest BCUT2D eigenvalue weighted by atomic mass is 10.1. The van der Waals surface area contributed by atoms with E-state index in [2.05, 4.69) is 20.3 Å². The van der Waals surface area contributed by atoms with E-state index in [-0.39, 0.29) is 22.8 Å². The van der Waals surface area contributed by atoms with Crippen molar-refractivity contribution in [2.24, 2.45) is 0 Å². The van der Waals surface area contributed by atoms with E-state index >= 15 is 0 Å². The number of carbonyl (C=O) groups is 1. The Hall–Kier alpha value is -2.61. The summed E-state index contributed by atoms with van der Waals surface area (Å²) in [5, 5.41) is 3.26. The number of carbonyl (C=O) groups excluding carboxylic acids is 1. The summed E-state index contributed by atoms with van der Waals surface area (Å²) in [4.78, 5) is 23.2. The van der Waals surface area contributed by atoms with Crippen LogP contribution < -0.4 is 5.32 Å². The van der Waals surface area contributed by atoms with Crippen molar-refractivity contribution in [1.82, 2.24) is 19.5 Å². The second kappa shape index (κ2) is 6.84. The first kappa shape index (κ1) is 19.2. The van der Waals surface area contributed by atoms with Crippen molar-refractivity contribution in [2.75, 3.05) is 5.32 Å². The van der Waals surface area contributed by atoms with E-state index in [0.29, 0.717) is 16.8 Å². The molecular weight excluding hydrogens is 376 g/mol. The maximum absolute atomic E-state index is 13.7. The van der Waals surface area contributed by atoms with Gasteiger partial charge in [-0.3, -0.25) is 4.79 Å². The third kappa shape index (κ3) is 3.90. The lowest BCUT2D eigenvalue weighted by Crippen LogP contribution is -2.13. The van der Waals surface area contributed by atoms with Crippen molar-refractivity contribution >= 4 is 34.2 Å². The first-order chi connectivity index (χ1) is 12.6. The van der Waals surface area contributed by atoms with E-state index in [4.69, 9.17) is 11.6 Å². The highest BCUT2D eigenvalue weighted by Crippen LogP contribution is 2.35. The zero-order valence-corrected chi connectivity index (χ0v) is 16.0. The fraction of sp³-hybridized carbons (Fsp3) is 0.333. The normalized spacial score (nSPS) is 12.0. The molecule has 0 saturated heterocycles. The molecule has 0 fully saturated rings. The third-order valence-corrected chi connectivity index (χ3v) is 4.14. The van der Waals surface area contributed by atoms with E-state index in [1.165, 1.54) is 13.0 Å². The minimum atomic E-state index is -3.22. The first-order valence-corrected chi connectivity index (χ1v) is 8.65. The molecule has 3 aromatic rings. The van der Waals surface area contributed by atoms with Crippen LogP contribution in [0.1, 0.15) is 39.6 Å². The topological polar surface area (TPSA) is 72.7 Å². The summed E-state index contributed by atoms with van der Waals surface area (Å²) in [5.41, 5.74) is 1.66. The molecular formula is C18H18ClF2N5O. The molecule has 0 bridgehead atoms. The smallest absolute Gasteiger partial charge is 0.303 e. The van der Waals surface area contributed by atoms with Crippen molar-refractivity contribution in [3.8, 4) is 11.3 Å². The van der Waals surface area contributed by atoms with Gasteiger partial charge in [-0.2, -0.15) is 8.78 Å². The van der Waals surface area contributed by atoms with E-state index in [0.717, 1.165) is 12.4 Å². The van der Waals surface area contributed by atoms with Crippen molar-refractivity contribution in [3.05, 3.63) is 35.5 Å². The summed E-state index contributed by atoms with van der Waals surface area (Å²) in [6, 6.07) is 3.22. The monoisotopic (exact) mass is 393 g/mol. The van der Waals surface area contributed by atoms with Gasteiger partial charge in [0.15, 0.2) is 0 Å².